The van der Waals surface area contributed by atoms with E-state index >= 15 is 4.39 Å². The second-order valence-electron chi connectivity index (χ2n) is 9.21. The second-order valence-corrected chi connectivity index (χ2v) is 10.9. The van der Waals surface area contributed by atoms with Gasteiger partial charge in [0.25, 0.3) is 0 Å². The van der Waals surface area contributed by atoms with E-state index in [0.717, 1.165) is 16.4 Å². The van der Waals surface area contributed by atoms with E-state index in [-0.39, 0.29) is 40.7 Å². The fourth-order valence-electron chi connectivity index (χ4n) is 4.55. The fourth-order valence-corrected chi connectivity index (χ4v) is 5.81. The van der Waals surface area contributed by atoms with Gasteiger partial charge in [0, 0.05) is 42.0 Å². The van der Waals surface area contributed by atoms with Gasteiger partial charge in [0.1, 0.15) is 17.6 Å². The maximum Gasteiger partial charge on any atom is 0.301 e. The number of benzene rings is 2. The number of fused-ring (bicyclic) bond motifs is 1. The van der Waals surface area contributed by atoms with E-state index in [1.165, 1.54) is 18.5 Å². The Labute approximate surface area is 226 Å². The lowest BCUT2D eigenvalue weighted by atomic mass is 9.95. The van der Waals surface area contributed by atoms with Gasteiger partial charge in [0.05, 0.1) is 34.5 Å². The first-order valence-electron chi connectivity index (χ1n) is 11.9. The smallest absolute Gasteiger partial charge is 0.301 e. The molecule has 13 heteroatoms. The molecule has 1 aliphatic heterocycles. The minimum Gasteiger partial charge on any atom is -0.345 e. The van der Waals surface area contributed by atoms with Crippen molar-refractivity contribution in [2.75, 3.05) is 17.8 Å². The summed E-state index contributed by atoms with van der Waals surface area (Å²) in [6.07, 6.45) is 1.31. The number of nitrogens with zero attached hydrogens (tertiary/aromatic N) is 4. The van der Waals surface area contributed by atoms with Crippen LogP contribution in [0.15, 0.2) is 42.7 Å². The van der Waals surface area contributed by atoms with Crippen LogP contribution in [0.4, 0.5) is 18.9 Å². The van der Waals surface area contributed by atoms with E-state index in [9.17, 15) is 32.5 Å². The van der Waals surface area contributed by atoms with Crippen molar-refractivity contribution in [1.29, 1.82) is 10.5 Å². The zero-order valence-corrected chi connectivity index (χ0v) is 21.6. The normalized spacial score (nSPS) is 15.6. The van der Waals surface area contributed by atoms with Crippen LogP contribution in [-0.4, -0.2) is 47.7 Å². The first kappa shape index (κ1) is 26.9. The molecule has 3 heterocycles. The number of anilines is 1. The summed E-state index contributed by atoms with van der Waals surface area (Å²) in [5.74, 6) is -3.73. The molecule has 0 bridgehead atoms. The Balaban J connectivity index is 1.55. The Bertz CT molecular complexity index is 1860. The zero-order chi connectivity index (χ0) is 28.8. The van der Waals surface area contributed by atoms with Crippen LogP contribution in [0.25, 0.3) is 22.2 Å². The van der Waals surface area contributed by atoms with Crippen molar-refractivity contribution in [2.45, 2.75) is 19.5 Å². The van der Waals surface area contributed by atoms with E-state index in [1.54, 1.807) is 19.1 Å². The molecule has 4 aromatic rings. The lowest BCUT2D eigenvalue weighted by molar-refractivity contribution is 0.103. The highest BCUT2D eigenvalue weighted by atomic mass is 32.2. The van der Waals surface area contributed by atoms with Gasteiger partial charge in [-0.25, -0.2) is 18.2 Å². The van der Waals surface area contributed by atoms with Gasteiger partial charge in [-0.05, 0) is 54.8 Å². The monoisotopic (exact) mass is 564 g/mol. The van der Waals surface area contributed by atoms with Gasteiger partial charge in [-0.2, -0.15) is 23.2 Å². The maximum absolute atomic E-state index is 15.5. The van der Waals surface area contributed by atoms with E-state index in [0.29, 0.717) is 16.7 Å². The molecule has 0 unspecified atom stereocenters. The molecule has 1 aliphatic rings. The van der Waals surface area contributed by atoms with Crippen LogP contribution in [0, 0.1) is 41.2 Å². The molecule has 5 rings (SSSR count). The van der Waals surface area contributed by atoms with Crippen LogP contribution >= 0.6 is 0 Å². The summed E-state index contributed by atoms with van der Waals surface area (Å²) >= 11 is 0. The maximum atomic E-state index is 15.5. The number of rotatable bonds is 6. The third-order valence-electron chi connectivity index (χ3n) is 6.75. The van der Waals surface area contributed by atoms with E-state index in [4.69, 9.17) is 0 Å². The van der Waals surface area contributed by atoms with Gasteiger partial charge in [0.15, 0.2) is 5.82 Å². The van der Waals surface area contributed by atoms with Crippen LogP contribution in [-0.2, 0) is 10.2 Å². The number of halogens is 3. The van der Waals surface area contributed by atoms with Crippen molar-refractivity contribution in [1.82, 2.24) is 14.3 Å². The first-order chi connectivity index (χ1) is 19.0. The molecule has 0 aliphatic carbocycles. The molecule has 0 radical (unpaired) electrons. The molecular formula is C27H19F3N6O3S. The number of H-pyrrole nitrogens is 1. The van der Waals surface area contributed by atoms with Crippen molar-refractivity contribution in [3.05, 3.63) is 82.2 Å². The summed E-state index contributed by atoms with van der Waals surface area (Å²) in [4.78, 5) is 20.5. The molecule has 2 aromatic carbocycles. The summed E-state index contributed by atoms with van der Waals surface area (Å²) in [6.45, 7) is 1.13. The lowest BCUT2D eigenvalue weighted by Gasteiger charge is -2.18. The average Bonchev–Trinajstić information content (AvgIpc) is 3.57. The van der Waals surface area contributed by atoms with Gasteiger partial charge in [-0.1, -0.05) is 0 Å². The van der Waals surface area contributed by atoms with Crippen LogP contribution < -0.4 is 4.72 Å². The van der Waals surface area contributed by atoms with Crippen LogP contribution in [0.5, 0.6) is 0 Å². The zero-order valence-electron chi connectivity index (χ0n) is 20.8. The van der Waals surface area contributed by atoms with Gasteiger partial charge in [-0.15, -0.1) is 0 Å². The Kier molecular flexibility index (Phi) is 6.79. The summed E-state index contributed by atoms with van der Waals surface area (Å²) in [7, 11) is -4.36. The second kappa shape index (κ2) is 10.1. The van der Waals surface area contributed by atoms with Crippen LogP contribution in [0.3, 0.4) is 0 Å². The van der Waals surface area contributed by atoms with Gasteiger partial charge in [0.2, 0.25) is 5.78 Å². The predicted molar refractivity (Wildman–Crippen MR) is 139 cm³/mol. The number of carbonyl (C=O) groups excluding carboxylic acids is 1. The lowest BCUT2D eigenvalue weighted by Crippen LogP contribution is -2.34. The van der Waals surface area contributed by atoms with Crippen molar-refractivity contribution >= 4 is 32.7 Å². The number of carbonyl (C=O) groups is 1. The molecule has 0 spiro atoms. The predicted octanol–water partition coefficient (Wildman–Crippen LogP) is 4.49. The number of pyridine rings is 1. The Hall–Kier alpha value is -4.72. The Morgan fingerprint density at radius 3 is 2.48 bits per heavy atom. The molecule has 1 fully saturated rings. The van der Waals surface area contributed by atoms with Crippen LogP contribution in [0.2, 0.25) is 0 Å². The molecule has 0 amide bonds. The number of alkyl halides is 1. The highest BCUT2D eigenvalue weighted by Gasteiger charge is 2.33. The largest absolute Gasteiger partial charge is 0.345 e. The van der Waals surface area contributed by atoms with Crippen molar-refractivity contribution in [3.63, 3.8) is 0 Å². The molecule has 2 N–H and O–H groups in total. The molecular weight excluding hydrogens is 545 g/mol. The number of nitriles is 2. The number of hydrogen-bond donors (Lipinski definition) is 2. The fraction of sp³-hybridized carbons (Fsp3) is 0.185. The molecule has 40 heavy (non-hydrogen) atoms. The molecule has 202 valence electrons. The number of hydrogen-bond acceptors (Lipinski definition) is 6. The standard InChI is InChI=1S/C27H19F3N6O3S/c1-14-16(9-31)6-15(7-17(14)10-32)18-8-20-21(12-34-27(20)33-11-18)26(37)24-22(29)2-3-23(25(24)30)35-40(38,39)36-5-4-19(28)13-36/h2-3,6-8,11-12,19,35H,4-5,13H2,1H3,(H,33,34)/t19-/m1/s1. The average molecular weight is 565 g/mol. The summed E-state index contributed by atoms with van der Waals surface area (Å²) in [5.41, 5.74) is 0.396. The summed E-state index contributed by atoms with van der Waals surface area (Å²) in [6, 6.07) is 10.3. The Morgan fingerprint density at radius 2 is 1.85 bits per heavy atom. The van der Waals surface area contributed by atoms with Gasteiger partial charge in [-0.3, -0.25) is 9.52 Å². The van der Waals surface area contributed by atoms with E-state index < -0.39 is 51.6 Å². The Morgan fingerprint density at radius 1 is 1.15 bits per heavy atom. The molecule has 1 atom stereocenters. The van der Waals surface area contributed by atoms with E-state index in [2.05, 4.69) is 9.97 Å². The SMILES string of the molecule is Cc1c(C#N)cc(-c2cnc3[nH]cc(C(=O)c4c(F)ccc(NS(=O)(=O)N5CC[C@@H](F)C5)c4F)c3c2)cc1C#N. The highest BCUT2D eigenvalue weighted by Crippen LogP contribution is 2.31. The third-order valence-corrected chi connectivity index (χ3v) is 8.24. The molecule has 1 saturated heterocycles. The number of aromatic nitrogens is 2. The first-order valence-corrected chi connectivity index (χ1v) is 13.3. The molecule has 9 nitrogen and oxygen atoms in total. The molecule has 0 saturated carbocycles. The van der Waals surface area contributed by atoms with E-state index in [1.807, 2.05) is 16.9 Å². The van der Waals surface area contributed by atoms with Gasteiger partial charge >= 0.3 is 10.2 Å². The minimum absolute atomic E-state index is 0.00856. The highest BCUT2D eigenvalue weighted by molar-refractivity contribution is 7.90. The van der Waals surface area contributed by atoms with Crippen molar-refractivity contribution in [3.8, 4) is 23.3 Å². The van der Waals surface area contributed by atoms with Gasteiger partial charge < -0.3 is 4.98 Å². The number of nitrogens with one attached hydrogen (secondary N) is 2. The molecule has 2 aromatic heterocycles. The van der Waals surface area contributed by atoms with Crippen molar-refractivity contribution < 1.29 is 26.4 Å². The van der Waals surface area contributed by atoms with Crippen LogP contribution in [0.1, 0.15) is 39.0 Å². The van der Waals surface area contributed by atoms with Crippen molar-refractivity contribution in [2.24, 2.45) is 0 Å². The summed E-state index contributed by atoms with van der Waals surface area (Å²) in [5, 5.41) is 19.1. The number of ketones is 1. The quantitative estimate of drug-likeness (QED) is 0.331. The third kappa shape index (κ3) is 4.66. The summed E-state index contributed by atoms with van der Waals surface area (Å²) < 4.78 is 71.8. The number of aromatic amines is 1. The minimum atomic E-state index is -4.36. The topological polar surface area (TPSA) is 143 Å².